The van der Waals surface area contributed by atoms with E-state index in [-0.39, 0.29) is 11.8 Å². The molecular weight excluding hydrogens is 250 g/mol. The molecule has 100 valence electrons. The van der Waals surface area contributed by atoms with Gasteiger partial charge in [0.15, 0.2) is 0 Å². The second-order valence-electron chi connectivity index (χ2n) is 4.08. The first kappa shape index (κ1) is 13.4. The van der Waals surface area contributed by atoms with Gasteiger partial charge in [-0.25, -0.2) is 0 Å². The molecule has 2 rings (SSSR count). The Bertz CT molecular complexity index is 503. The van der Waals surface area contributed by atoms with E-state index in [9.17, 15) is 8.78 Å². The Balaban J connectivity index is 2.01. The first-order valence-electron chi connectivity index (χ1n) is 5.85. The number of aromatic nitrogens is 1. The second-order valence-corrected chi connectivity index (χ2v) is 4.08. The summed E-state index contributed by atoms with van der Waals surface area (Å²) in [5.74, 6) is 0.129. The van der Waals surface area contributed by atoms with Gasteiger partial charge in [-0.3, -0.25) is 4.98 Å². The molecule has 1 unspecified atom stereocenters. The molecule has 1 aromatic heterocycles. The number of nitrogens with zero attached hydrogens (tertiary/aromatic N) is 1. The van der Waals surface area contributed by atoms with Crippen LogP contribution in [0, 0.1) is 0 Å². The minimum absolute atomic E-state index is 0.129. The Kier molecular flexibility index (Phi) is 4.41. The van der Waals surface area contributed by atoms with E-state index in [4.69, 9.17) is 5.73 Å². The molecule has 0 radical (unpaired) electrons. The Morgan fingerprint density at radius 3 is 2.42 bits per heavy atom. The van der Waals surface area contributed by atoms with Gasteiger partial charge in [0.2, 0.25) is 0 Å². The van der Waals surface area contributed by atoms with Crippen LogP contribution in [-0.4, -0.2) is 11.6 Å². The number of nitrogens with two attached hydrogens (primary N) is 1. The minimum Gasteiger partial charge on any atom is -0.435 e. The van der Waals surface area contributed by atoms with Crippen LogP contribution in [0.4, 0.5) is 8.78 Å². The lowest BCUT2D eigenvalue weighted by Gasteiger charge is -2.12. The van der Waals surface area contributed by atoms with Crippen molar-refractivity contribution in [2.24, 2.45) is 5.73 Å². The fourth-order valence-corrected chi connectivity index (χ4v) is 1.76. The van der Waals surface area contributed by atoms with Crippen LogP contribution < -0.4 is 10.5 Å². The van der Waals surface area contributed by atoms with Crippen molar-refractivity contribution in [2.75, 3.05) is 0 Å². The summed E-state index contributed by atoms with van der Waals surface area (Å²) in [5.41, 5.74) is 7.79. The lowest BCUT2D eigenvalue weighted by Crippen LogP contribution is -2.14. The summed E-state index contributed by atoms with van der Waals surface area (Å²) < 4.78 is 28.3. The molecule has 2 N–H and O–H groups in total. The zero-order valence-corrected chi connectivity index (χ0v) is 10.2. The summed E-state index contributed by atoms with van der Waals surface area (Å²) in [6, 6.07) is 11.8. The van der Waals surface area contributed by atoms with Crippen molar-refractivity contribution in [2.45, 2.75) is 19.1 Å². The second kappa shape index (κ2) is 6.24. The molecule has 0 saturated heterocycles. The zero-order chi connectivity index (χ0) is 13.7. The SMILES string of the molecule is NC(Cc1ccccn1)c1ccc(OC(F)F)cc1. The third-order valence-corrected chi connectivity index (χ3v) is 2.69. The van der Waals surface area contributed by atoms with Gasteiger partial charge in [-0.2, -0.15) is 8.78 Å². The topological polar surface area (TPSA) is 48.1 Å². The van der Waals surface area contributed by atoms with Crippen molar-refractivity contribution in [3.63, 3.8) is 0 Å². The van der Waals surface area contributed by atoms with Crippen LogP contribution in [-0.2, 0) is 6.42 Å². The van der Waals surface area contributed by atoms with Gasteiger partial charge in [-0.15, -0.1) is 0 Å². The molecule has 0 amide bonds. The van der Waals surface area contributed by atoms with Crippen molar-refractivity contribution in [3.8, 4) is 5.75 Å². The van der Waals surface area contributed by atoms with E-state index >= 15 is 0 Å². The molecule has 0 saturated carbocycles. The minimum atomic E-state index is -2.81. The largest absolute Gasteiger partial charge is 0.435 e. The first-order valence-corrected chi connectivity index (χ1v) is 5.85. The normalized spacial score (nSPS) is 12.4. The predicted molar refractivity (Wildman–Crippen MR) is 67.9 cm³/mol. The maximum absolute atomic E-state index is 12.0. The predicted octanol–water partition coefficient (Wildman–Crippen LogP) is 2.93. The van der Waals surface area contributed by atoms with Crippen molar-refractivity contribution >= 4 is 0 Å². The maximum atomic E-state index is 12.0. The van der Waals surface area contributed by atoms with Crippen molar-refractivity contribution in [1.29, 1.82) is 0 Å². The van der Waals surface area contributed by atoms with Gasteiger partial charge < -0.3 is 10.5 Å². The van der Waals surface area contributed by atoms with E-state index in [0.717, 1.165) is 11.3 Å². The molecule has 1 heterocycles. The van der Waals surface area contributed by atoms with Crippen LogP contribution in [0.3, 0.4) is 0 Å². The van der Waals surface area contributed by atoms with Gasteiger partial charge in [0, 0.05) is 24.4 Å². The van der Waals surface area contributed by atoms with E-state index < -0.39 is 6.61 Å². The molecule has 0 fully saturated rings. The molecule has 0 aliphatic rings. The Morgan fingerprint density at radius 1 is 1.11 bits per heavy atom. The lowest BCUT2D eigenvalue weighted by atomic mass is 10.0. The Labute approximate surface area is 110 Å². The Morgan fingerprint density at radius 2 is 1.84 bits per heavy atom. The van der Waals surface area contributed by atoms with Crippen molar-refractivity contribution < 1.29 is 13.5 Å². The van der Waals surface area contributed by atoms with Crippen LogP contribution in [0.25, 0.3) is 0 Å². The number of hydrogen-bond donors (Lipinski definition) is 1. The van der Waals surface area contributed by atoms with E-state index in [0.29, 0.717) is 6.42 Å². The third kappa shape index (κ3) is 3.99. The van der Waals surface area contributed by atoms with Gasteiger partial charge >= 0.3 is 6.61 Å². The smallest absolute Gasteiger partial charge is 0.387 e. The molecule has 1 aromatic carbocycles. The van der Waals surface area contributed by atoms with Gasteiger partial charge in [-0.05, 0) is 29.8 Å². The molecule has 0 aliphatic carbocycles. The third-order valence-electron chi connectivity index (χ3n) is 2.69. The summed E-state index contributed by atoms with van der Waals surface area (Å²) in [5, 5.41) is 0. The molecule has 19 heavy (non-hydrogen) atoms. The summed E-state index contributed by atoms with van der Waals surface area (Å²) in [7, 11) is 0. The highest BCUT2D eigenvalue weighted by Crippen LogP contribution is 2.20. The molecule has 0 aliphatic heterocycles. The highest BCUT2D eigenvalue weighted by molar-refractivity contribution is 5.29. The molecule has 0 spiro atoms. The van der Waals surface area contributed by atoms with E-state index in [1.807, 2.05) is 18.2 Å². The van der Waals surface area contributed by atoms with E-state index in [1.165, 1.54) is 12.1 Å². The number of benzene rings is 1. The zero-order valence-electron chi connectivity index (χ0n) is 10.2. The van der Waals surface area contributed by atoms with Crippen LogP contribution >= 0.6 is 0 Å². The monoisotopic (exact) mass is 264 g/mol. The van der Waals surface area contributed by atoms with Gasteiger partial charge in [-0.1, -0.05) is 18.2 Å². The van der Waals surface area contributed by atoms with Crippen LogP contribution in [0.5, 0.6) is 5.75 Å². The average molecular weight is 264 g/mol. The molecule has 3 nitrogen and oxygen atoms in total. The van der Waals surface area contributed by atoms with Gasteiger partial charge in [0.05, 0.1) is 0 Å². The lowest BCUT2D eigenvalue weighted by molar-refractivity contribution is -0.0498. The number of ether oxygens (including phenoxy) is 1. The first-order chi connectivity index (χ1) is 9.15. The fourth-order valence-electron chi connectivity index (χ4n) is 1.76. The summed E-state index contributed by atoms with van der Waals surface area (Å²) in [6.45, 7) is -2.81. The molecule has 0 bridgehead atoms. The molecular formula is C14H14F2N2O. The number of alkyl halides is 2. The number of hydrogen-bond acceptors (Lipinski definition) is 3. The number of rotatable bonds is 5. The van der Waals surface area contributed by atoms with Crippen LogP contribution in [0.1, 0.15) is 17.3 Å². The van der Waals surface area contributed by atoms with Crippen molar-refractivity contribution in [1.82, 2.24) is 4.98 Å². The van der Waals surface area contributed by atoms with Crippen LogP contribution in [0.2, 0.25) is 0 Å². The van der Waals surface area contributed by atoms with Gasteiger partial charge in [0.1, 0.15) is 5.75 Å². The molecule has 5 heteroatoms. The summed E-state index contributed by atoms with van der Waals surface area (Å²) in [6.07, 6.45) is 2.30. The highest BCUT2D eigenvalue weighted by Gasteiger charge is 2.09. The number of halogens is 2. The van der Waals surface area contributed by atoms with E-state index in [2.05, 4.69) is 9.72 Å². The highest BCUT2D eigenvalue weighted by atomic mass is 19.3. The van der Waals surface area contributed by atoms with Gasteiger partial charge in [0.25, 0.3) is 0 Å². The standard InChI is InChI=1S/C14H14F2N2O/c15-14(16)19-12-6-4-10(5-7-12)13(17)9-11-3-1-2-8-18-11/h1-8,13-14H,9,17H2. The van der Waals surface area contributed by atoms with Crippen LogP contribution in [0.15, 0.2) is 48.7 Å². The van der Waals surface area contributed by atoms with Crippen molar-refractivity contribution in [3.05, 3.63) is 59.9 Å². The molecule has 1 atom stereocenters. The Hall–Kier alpha value is -2.01. The number of pyridine rings is 1. The summed E-state index contributed by atoms with van der Waals surface area (Å²) in [4.78, 5) is 4.20. The fraction of sp³-hybridized carbons (Fsp3) is 0.214. The summed E-state index contributed by atoms with van der Waals surface area (Å²) >= 11 is 0. The van der Waals surface area contributed by atoms with E-state index in [1.54, 1.807) is 18.3 Å². The average Bonchev–Trinajstić information content (AvgIpc) is 2.40. The quantitative estimate of drug-likeness (QED) is 0.903. The maximum Gasteiger partial charge on any atom is 0.387 e. The molecule has 2 aromatic rings.